The molecule has 2 aromatic carbocycles. The average molecular weight is 308 g/mol. The van der Waals surface area contributed by atoms with Gasteiger partial charge < -0.3 is 8.83 Å². The lowest BCUT2D eigenvalue weighted by atomic mass is 10.0. The van der Waals surface area contributed by atoms with Crippen molar-refractivity contribution in [3.63, 3.8) is 0 Å². The Balaban J connectivity index is 2.03. The first-order valence-electron chi connectivity index (χ1n) is 7.39. The highest BCUT2D eigenvalue weighted by atomic mass is 19.1. The molecule has 114 valence electrons. The van der Waals surface area contributed by atoms with Gasteiger partial charge in [0.1, 0.15) is 17.0 Å². The van der Waals surface area contributed by atoms with E-state index in [2.05, 4.69) is 0 Å². The minimum Gasteiger partial charge on any atom is -0.464 e. The number of rotatable bonds is 2. The molecule has 0 unspecified atom stereocenters. The second-order valence-corrected chi connectivity index (χ2v) is 5.45. The van der Waals surface area contributed by atoms with E-state index in [9.17, 15) is 9.18 Å². The van der Waals surface area contributed by atoms with Crippen LogP contribution in [-0.2, 0) is 6.42 Å². The number of benzene rings is 2. The monoisotopic (exact) mass is 308 g/mol. The lowest BCUT2D eigenvalue weighted by Gasteiger charge is -2.04. The Kier molecular flexibility index (Phi) is 3.05. The van der Waals surface area contributed by atoms with E-state index in [0.717, 1.165) is 33.9 Å². The Morgan fingerprint density at radius 2 is 1.78 bits per heavy atom. The van der Waals surface area contributed by atoms with Crippen LogP contribution in [0, 0.1) is 5.82 Å². The van der Waals surface area contributed by atoms with Gasteiger partial charge in [-0.15, -0.1) is 0 Å². The summed E-state index contributed by atoms with van der Waals surface area (Å²) in [6.07, 6.45) is 2.37. The molecule has 4 rings (SSSR count). The van der Waals surface area contributed by atoms with Crippen LogP contribution in [0.5, 0.6) is 0 Å². The number of hydrogen-bond acceptors (Lipinski definition) is 3. The number of aryl methyl sites for hydroxylation is 1. The Morgan fingerprint density at radius 3 is 2.52 bits per heavy atom. The van der Waals surface area contributed by atoms with Gasteiger partial charge in [-0.05, 0) is 35.7 Å². The summed E-state index contributed by atoms with van der Waals surface area (Å²) in [6, 6.07) is 11.5. The van der Waals surface area contributed by atoms with Gasteiger partial charge in [0.2, 0.25) is 0 Å². The minimum atomic E-state index is -0.362. The largest absolute Gasteiger partial charge is 0.464 e. The molecule has 0 saturated heterocycles. The smallest absolute Gasteiger partial charge is 0.336 e. The number of furan rings is 1. The Hall–Kier alpha value is -2.88. The predicted molar refractivity (Wildman–Crippen MR) is 87.0 cm³/mol. The van der Waals surface area contributed by atoms with Crippen LogP contribution in [0.25, 0.3) is 33.1 Å². The van der Waals surface area contributed by atoms with Crippen LogP contribution in [0.1, 0.15) is 12.5 Å². The fraction of sp³-hybridized carbons (Fsp3) is 0.105. The summed E-state index contributed by atoms with van der Waals surface area (Å²) < 4.78 is 24.0. The molecule has 0 saturated carbocycles. The van der Waals surface area contributed by atoms with Crippen LogP contribution < -0.4 is 5.63 Å². The van der Waals surface area contributed by atoms with E-state index in [4.69, 9.17) is 8.83 Å². The van der Waals surface area contributed by atoms with E-state index in [-0.39, 0.29) is 11.4 Å². The van der Waals surface area contributed by atoms with Crippen molar-refractivity contribution in [1.29, 1.82) is 0 Å². The predicted octanol–water partition coefficient (Wildman–Crippen LogP) is 4.91. The summed E-state index contributed by atoms with van der Waals surface area (Å²) in [5.41, 5.74) is 3.48. The summed E-state index contributed by atoms with van der Waals surface area (Å²) >= 11 is 0. The van der Waals surface area contributed by atoms with Gasteiger partial charge in [0.05, 0.1) is 6.26 Å². The van der Waals surface area contributed by atoms with Crippen molar-refractivity contribution in [3.8, 4) is 11.1 Å². The topological polar surface area (TPSA) is 43.4 Å². The quantitative estimate of drug-likeness (QED) is 0.494. The molecule has 0 aliphatic rings. The normalized spacial score (nSPS) is 11.4. The molecule has 0 spiro atoms. The van der Waals surface area contributed by atoms with Gasteiger partial charge >= 0.3 is 5.63 Å². The van der Waals surface area contributed by atoms with Crippen LogP contribution in [0.2, 0.25) is 0 Å². The Morgan fingerprint density at radius 1 is 1.00 bits per heavy atom. The van der Waals surface area contributed by atoms with Crippen molar-refractivity contribution >= 4 is 21.9 Å². The zero-order valence-electron chi connectivity index (χ0n) is 12.4. The minimum absolute atomic E-state index is 0.276. The van der Waals surface area contributed by atoms with Crippen LogP contribution in [0.3, 0.4) is 0 Å². The molecule has 3 nitrogen and oxygen atoms in total. The van der Waals surface area contributed by atoms with Gasteiger partial charge in [-0.1, -0.05) is 19.1 Å². The van der Waals surface area contributed by atoms with E-state index >= 15 is 0 Å². The average Bonchev–Trinajstić information content (AvgIpc) is 2.95. The molecule has 23 heavy (non-hydrogen) atoms. The standard InChI is InChI=1S/C19H13FO3/c1-2-11-7-19(21)23-18-9-17-15(8-14(11)18)16(10-22-17)12-3-5-13(20)6-4-12/h3-10H,2H2,1H3. The van der Waals surface area contributed by atoms with Crippen molar-refractivity contribution < 1.29 is 13.2 Å². The second-order valence-electron chi connectivity index (χ2n) is 5.45. The van der Waals surface area contributed by atoms with E-state index in [0.29, 0.717) is 11.2 Å². The lowest BCUT2D eigenvalue weighted by molar-refractivity contribution is 0.557. The van der Waals surface area contributed by atoms with Crippen LogP contribution >= 0.6 is 0 Å². The molecule has 4 heteroatoms. The molecule has 0 bridgehead atoms. The van der Waals surface area contributed by atoms with Crippen LogP contribution in [-0.4, -0.2) is 0 Å². The molecule has 0 radical (unpaired) electrons. The van der Waals surface area contributed by atoms with Crippen molar-refractivity contribution in [3.05, 3.63) is 70.5 Å². The van der Waals surface area contributed by atoms with E-state index in [1.165, 1.54) is 18.2 Å². The molecule has 0 fully saturated rings. The molecule has 0 aliphatic carbocycles. The molecule has 4 aromatic rings. The van der Waals surface area contributed by atoms with Gasteiger partial charge in [-0.3, -0.25) is 0 Å². The zero-order valence-corrected chi connectivity index (χ0v) is 12.4. The van der Waals surface area contributed by atoms with Crippen LogP contribution in [0.15, 0.2) is 62.4 Å². The zero-order chi connectivity index (χ0) is 16.0. The van der Waals surface area contributed by atoms with E-state index in [1.807, 2.05) is 13.0 Å². The number of fused-ring (bicyclic) bond motifs is 2. The molecular weight excluding hydrogens is 295 g/mol. The highest BCUT2D eigenvalue weighted by molar-refractivity contribution is 6.02. The highest BCUT2D eigenvalue weighted by Gasteiger charge is 2.13. The first-order valence-corrected chi connectivity index (χ1v) is 7.39. The SMILES string of the molecule is CCc1cc(=O)oc2cc3occ(-c4ccc(F)cc4)c3cc12. The van der Waals surface area contributed by atoms with Gasteiger partial charge in [0.25, 0.3) is 0 Å². The van der Waals surface area contributed by atoms with Gasteiger partial charge in [0.15, 0.2) is 0 Å². The van der Waals surface area contributed by atoms with Gasteiger partial charge in [0, 0.05) is 28.5 Å². The molecule has 2 heterocycles. The van der Waals surface area contributed by atoms with Crippen molar-refractivity contribution in [1.82, 2.24) is 0 Å². The third kappa shape index (κ3) is 2.23. The van der Waals surface area contributed by atoms with Gasteiger partial charge in [-0.2, -0.15) is 0 Å². The van der Waals surface area contributed by atoms with Crippen LogP contribution in [0.4, 0.5) is 4.39 Å². The number of hydrogen-bond donors (Lipinski definition) is 0. The fourth-order valence-corrected chi connectivity index (χ4v) is 2.89. The second kappa shape index (κ2) is 5.09. The fourth-order valence-electron chi connectivity index (χ4n) is 2.89. The van der Waals surface area contributed by atoms with Gasteiger partial charge in [-0.25, -0.2) is 9.18 Å². The van der Waals surface area contributed by atoms with E-state index < -0.39 is 0 Å². The number of halogens is 1. The third-order valence-corrected chi connectivity index (χ3v) is 4.06. The summed E-state index contributed by atoms with van der Waals surface area (Å²) in [7, 11) is 0. The maximum absolute atomic E-state index is 13.1. The first kappa shape index (κ1) is 13.8. The van der Waals surface area contributed by atoms with Crippen molar-refractivity contribution in [2.75, 3.05) is 0 Å². The summed E-state index contributed by atoms with van der Waals surface area (Å²) in [5, 5.41) is 1.80. The highest BCUT2D eigenvalue weighted by Crippen LogP contribution is 2.34. The summed E-state index contributed by atoms with van der Waals surface area (Å²) in [5.74, 6) is -0.276. The lowest BCUT2D eigenvalue weighted by Crippen LogP contribution is -1.99. The van der Waals surface area contributed by atoms with Crippen molar-refractivity contribution in [2.45, 2.75) is 13.3 Å². The molecule has 0 N–H and O–H groups in total. The maximum Gasteiger partial charge on any atom is 0.336 e. The summed E-state index contributed by atoms with van der Waals surface area (Å²) in [4.78, 5) is 11.6. The first-order chi connectivity index (χ1) is 11.2. The third-order valence-electron chi connectivity index (χ3n) is 4.06. The Labute approximate surface area is 131 Å². The molecular formula is C19H13FO3. The summed E-state index contributed by atoms with van der Waals surface area (Å²) in [6.45, 7) is 1.99. The molecule has 2 aromatic heterocycles. The Bertz CT molecular complexity index is 1070. The van der Waals surface area contributed by atoms with E-state index in [1.54, 1.807) is 24.5 Å². The van der Waals surface area contributed by atoms with Crippen molar-refractivity contribution in [2.24, 2.45) is 0 Å². The maximum atomic E-state index is 13.1. The molecule has 0 aliphatic heterocycles. The molecule has 0 amide bonds. The molecule has 0 atom stereocenters.